The molecule has 1 N–H and O–H groups in total. The third kappa shape index (κ3) is 5.04. The molecule has 9 nitrogen and oxygen atoms in total. The Morgan fingerprint density at radius 2 is 1.83 bits per heavy atom. The molecule has 0 fully saturated rings. The summed E-state index contributed by atoms with van der Waals surface area (Å²) in [6.07, 6.45) is 2.67. The van der Waals surface area contributed by atoms with E-state index in [-0.39, 0.29) is 25.2 Å². The smallest absolute Gasteiger partial charge is 0.275 e. The van der Waals surface area contributed by atoms with Gasteiger partial charge in [-0.05, 0) is 18.2 Å². The lowest BCUT2D eigenvalue weighted by atomic mass is 10.1. The van der Waals surface area contributed by atoms with Gasteiger partial charge in [0.1, 0.15) is 0 Å². The number of amides is 1. The topological polar surface area (TPSA) is 114 Å². The molecule has 0 spiro atoms. The van der Waals surface area contributed by atoms with Gasteiger partial charge in [0, 0.05) is 18.6 Å². The van der Waals surface area contributed by atoms with Gasteiger partial charge in [0.05, 0.1) is 42.7 Å². The third-order valence-corrected chi connectivity index (χ3v) is 5.63. The predicted octanol–water partition coefficient (Wildman–Crippen LogP) is 0.347. The van der Waals surface area contributed by atoms with Crippen LogP contribution in [0.3, 0.4) is 0 Å². The summed E-state index contributed by atoms with van der Waals surface area (Å²) in [7, 11) is -2.13. The number of rotatable bonds is 7. The summed E-state index contributed by atoms with van der Waals surface area (Å²) in [4.78, 5) is 29.1. The van der Waals surface area contributed by atoms with Crippen molar-refractivity contribution in [1.82, 2.24) is 24.4 Å². The van der Waals surface area contributed by atoms with Gasteiger partial charge in [0.25, 0.3) is 5.56 Å². The van der Waals surface area contributed by atoms with Crippen molar-refractivity contribution in [3.8, 4) is 0 Å². The first-order valence-electron chi connectivity index (χ1n) is 8.82. The second kappa shape index (κ2) is 8.50. The van der Waals surface area contributed by atoms with E-state index in [0.29, 0.717) is 22.2 Å². The van der Waals surface area contributed by atoms with Crippen molar-refractivity contribution in [1.29, 1.82) is 0 Å². The van der Waals surface area contributed by atoms with E-state index in [2.05, 4.69) is 15.4 Å². The molecule has 1 aromatic carbocycles. The van der Waals surface area contributed by atoms with Crippen molar-refractivity contribution in [2.75, 3.05) is 19.8 Å². The normalized spacial score (nSPS) is 11.7. The lowest BCUT2D eigenvalue weighted by Crippen LogP contribution is -2.38. The summed E-state index contributed by atoms with van der Waals surface area (Å²) >= 11 is 0. The van der Waals surface area contributed by atoms with Gasteiger partial charge >= 0.3 is 0 Å². The van der Waals surface area contributed by atoms with Crippen LogP contribution >= 0.6 is 0 Å². The average Bonchev–Trinajstić information content (AvgIpc) is 2.69. The van der Waals surface area contributed by atoms with Crippen LogP contribution in [0.1, 0.15) is 11.4 Å². The molecule has 0 unspecified atom stereocenters. The Morgan fingerprint density at radius 1 is 1.14 bits per heavy atom. The number of pyridine rings is 1. The number of hydrogen-bond donors (Lipinski definition) is 1. The number of fused-ring (bicyclic) bond motifs is 1. The van der Waals surface area contributed by atoms with Crippen LogP contribution in [0.4, 0.5) is 0 Å². The standard InChI is InChI=1S/C19H21N5O4S/c1-23(29(2,27)28)13-18(25)21-11-17-15-8-3-4-9-16(15)19(26)24(22-17)12-14-7-5-6-10-20-14/h3-10H,11-13H2,1-2H3,(H,21,25). The molecule has 0 radical (unpaired) electrons. The van der Waals surface area contributed by atoms with Crippen molar-refractivity contribution < 1.29 is 13.2 Å². The molecule has 1 amide bonds. The van der Waals surface area contributed by atoms with Gasteiger partial charge < -0.3 is 5.32 Å². The first-order valence-corrected chi connectivity index (χ1v) is 10.7. The van der Waals surface area contributed by atoms with Gasteiger partial charge in [-0.25, -0.2) is 13.1 Å². The molecule has 0 aliphatic rings. The molecule has 10 heteroatoms. The van der Waals surface area contributed by atoms with E-state index in [1.54, 1.807) is 42.6 Å². The Bertz CT molecular complexity index is 1190. The van der Waals surface area contributed by atoms with E-state index in [4.69, 9.17) is 0 Å². The Morgan fingerprint density at radius 3 is 2.48 bits per heavy atom. The summed E-state index contributed by atoms with van der Waals surface area (Å²) in [6, 6.07) is 12.4. The summed E-state index contributed by atoms with van der Waals surface area (Å²) in [6.45, 7) is -0.0495. The lowest BCUT2D eigenvalue weighted by molar-refractivity contribution is -0.121. The number of likely N-dealkylation sites (N-methyl/N-ethyl adjacent to an activating group) is 1. The molecule has 2 aromatic heterocycles. The number of aromatic nitrogens is 3. The third-order valence-electron chi connectivity index (χ3n) is 4.37. The van der Waals surface area contributed by atoms with E-state index in [0.717, 1.165) is 10.6 Å². The highest BCUT2D eigenvalue weighted by atomic mass is 32.2. The molecule has 0 saturated carbocycles. The van der Waals surface area contributed by atoms with E-state index in [1.807, 2.05) is 6.07 Å². The number of nitrogens with one attached hydrogen (secondary N) is 1. The largest absolute Gasteiger partial charge is 0.349 e. The Labute approximate surface area is 168 Å². The second-order valence-corrected chi connectivity index (χ2v) is 8.66. The van der Waals surface area contributed by atoms with Crippen LogP contribution in [0.2, 0.25) is 0 Å². The predicted molar refractivity (Wildman–Crippen MR) is 109 cm³/mol. The maximum atomic E-state index is 12.8. The van der Waals surface area contributed by atoms with Gasteiger partial charge in [-0.1, -0.05) is 24.3 Å². The van der Waals surface area contributed by atoms with Crippen LogP contribution in [0.15, 0.2) is 53.5 Å². The second-order valence-electron chi connectivity index (χ2n) is 6.57. The van der Waals surface area contributed by atoms with E-state index in [1.165, 1.54) is 11.7 Å². The van der Waals surface area contributed by atoms with Gasteiger partial charge in [-0.15, -0.1) is 0 Å². The molecule has 0 bridgehead atoms. The zero-order valence-electron chi connectivity index (χ0n) is 16.1. The quantitative estimate of drug-likeness (QED) is 0.595. The lowest BCUT2D eigenvalue weighted by Gasteiger charge is -2.15. The minimum absolute atomic E-state index is 0.0550. The highest BCUT2D eigenvalue weighted by Gasteiger charge is 2.16. The van der Waals surface area contributed by atoms with Crippen molar-refractivity contribution in [2.24, 2.45) is 0 Å². The monoisotopic (exact) mass is 415 g/mol. The molecule has 29 heavy (non-hydrogen) atoms. The van der Waals surface area contributed by atoms with Crippen LogP contribution in [0.5, 0.6) is 0 Å². The molecule has 3 aromatic rings. The number of benzene rings is 1. The van der Waals surface area contributed by atoms with Crippen molar-refractivity contribution >= 4 is 26.7 Å². The van der Waals surface area contributed by atoms with Gasteiger partial charge in [0.15, 0.2) is 0 Å². The van der Waals surface area contributed by atoms with Crippen molar-refractivity contribution in [3.63, 3.8) is 0 Å². The minimum Gasteiger partial charge on any atom is -0.349 e. The highest BCUT2D eigenvalue weighted by Crippen LogP contribution is 2.13. The molecule has 0 aliphatic carbocycles. The molecule has 2 heterocycles. The molecule has 0 atom stereocenters. The summed E-state index contributed by atoms with van der Waals surface area (Å²) in [5.41, 5.74) is 0.937. The number of hydrogen-bond acceptors (Lipinski definition) is 6. The zero-order chi connectivity index (χ0) is 21.0. The summed E-state index contributed by atoms with van der Waals surface area (Å²) in [5, 5.41) is 8.19. The van der Waals surface area contributed by atoms with E-state index < -0.39 is 15.9 Å². The number of carbonyl (C=O) groups excluding carboxylic acids is 1. The van der Waals surface area contributed by atoms with E-state index in [9.17, 15) is 18.0 Å². The van der Waals surface area contributed by atoms with Crippen LogP contribution in [0.25, 0.3) is 10.8 Å². The maximum Gasteiger partial charge on any atom is 0.275 e. The number of nitrogens with zero attached hydrogens (tertiary/aromatic N) is 4. The van der Waals surface area contributed by atoms with Crippen LogP contribution < -0.4 is 10.9 Å². The van der Waals surface area contributed by atoms with Gasteiger partial charge in [0.2, 0.25) is 15.9 Å². The molecule has 0 saturated heterocycles. The zero-order valence-corrected chi connectivity index (χ0v) is 16.9. The SMILES string of the molecule is CN(CC(=O)NCc1nn(Cc2ccccn2)c(=O)c2ccccc12)S(C)(=O)=O. The fourth-order valence-corrected chi connectivity index (χ4v) is 3.10. The number of sulfonamides is 1. The fraction of sp³-hybridized carbons (Fsp3) is 0.263. The first kappa shape index (κ1) is 20.6. The van der Waals surface area contributed by atoms with Gasteiger partial charge in [-0.2, -0.15) is 9.40 Å². The Hall–Kier alpha value is -3.11. The number of carbonyl (C=O) groups is 1. The van der Waals surface area contributed by atoms with Crippen molar-refractivity contribution in [3.05, 3.63) is 70.4 Å². The van der Waals surface area contributed by atoms with Crippen LogP contribution in [0, 0.1) is 0 Å². The maximum absolute atomic E-state index is 12.8. The minimum atomic E-state index is -3.46. The van der Waals surface area contributed by atoms with Crippen molar-refractivity contribution in [2.45, 2.75) is 13.1 Å². The molecule has 0 aliphatic heterocycles. The van der Waals surface area contributed by atoms with Crippen LogP contribution in [-0.2, 0) is 27.9 Å². The molecular weight excluding hydrogens is 394 g/mol. The molecule has 3 rings (SSSR count). The summed E-state index contributed by atoms with van der Waals surface area (Å²) < 4.78 is 25.2. The van der Waals surface area contributed by atoms with Gasteiger partial charge in [-0.3, -0.25) is 14.6 Å². The Kier molecular flexibility index (Phi) is 6.04. The Balaban J connectivity index is 1.88. The fourth-order valence-electron chi connectivity index (χ4n) is 2.75. The molecule has 152 valence electrons. The van der Waals surface area contributed by atoms with E-state index >= 15 is 0 Å². The summed E-state index contributed by atoms with van der Waals surface area (Å²) in [5.74, 6) is -0.466. The van der Waals surface area contributed by atoms with Crippen LogP contribution in [-0.4, -0.2) is 53.2 Å². The highest BCUT2D eigenvalue weighted by molar-refractivity contribution is 7.88. The first-order chi connectivity index (χ1) is 13.8. The average molecular weight is 415 g/mol. The molecular formula is C19H21N5O4S.